The van der Waals surface area contributed by atoms with Crippen molar-refractivity contribution in [2.24, 2.45) is 0 Å². The summed E-state index contributed by atoms with van der Waals surface area (Å²) < 4.78 is 14.6. The second-order valence-corrected chi connectivity index (χ2v) is 6.07. The highest BCUT2D eigenvalue weighted by Crippen LogP contribution is 2.20. The molecular formula is C18H19FN2O3. The number of fused-ring (bicyclic) bond motifs is 1. The molecule has 1 heterocycles. The van der Waals surface area contributed by atoms with Crippen molar-refractivity contribution in [3.63, 3.8) is 0 Å². The molecule has 0 bridgehead atoms. The van der Waals surface area contributed by atoms with E-state index in [1.807, 2.05) is 0 Å². The second kappa shape index (κ2) is 6.95. The number of carboxylic acids is 1. The van der Waals surface area contributed by atoms with Crippen LogP contribution >= 0.6 is 0 Å². The molecule has 126 valence electrons. The number of aliphatic carboxylic acids is 1. The summed E-state index contributed by atoms with van der Waals surface area (Å²) in [5, 5.41) is 9.16. The molecule has 1 aliphatic rings. The molecule has 0 atom stereocenters. The lowest BCUT2D eigenvalue weighted by Crippen LogP contribution is -2.26. The number of aryl methyl sites for hydroxylation is 2. The Kier molecular flexibility index (Phi) is 4.74. The average Bonchev–Trinajstić information content (AvgIpc) is 3.03. The van der Waals surface area contributed by atoms with Gasteiger partial charge in [-0.2, -0.15) is 4.98 Å². The van der Waals surface area contributed by atoms with Gasteiger partial charge in [-0.05, 0) is 49.8 Å². The highest BCUT2D eigenvalue weighted by molar-refractivity contribution is 5.66. The van der Waals surface area contributed by atoms with Gasteiger partial charge >= 0.3 is 5.97 Å². The van der Waals surface area contributed by atoms with Crippen LogP contribution in [0, 0.1) is 5.82 Å². The summed E-state index contributed by atoms with van der Waals surface area (Å²) in [6.45, 7) is -0.165. The molecule has 24 heavy (non-hydrogen) atoms. The summed E-state index contributed by atoms with van der Waals surface area (Å²) in [6, 6.07) is 6.30. The highest BCUT2D eigenvalue weighted by atomic mass is 19.1. The van der Waals surface area contributed by atoms with Gasteiger partial charge in [-0.3, -0.25) is 9.59 Å². The van der Waals surface area contributed by atoms with Gasteiger partial charge in [0.05, 0.1) is 0 Å². The van der Waals surface area contributed by atoms with Gasteiger partial charge < -0.3 is 9.67 Å². The lowest BCUT2D eigenvalue weighted by molar-refractivity contribution is -0.137. The monoisotopic (exact) mass is 330 g/mol. The maximum absolute atomic E-state index is 12.9. The number of halogens is 1. The van der Waals surface area contributed by atoms with Crippen molar-refractivity contribution < 1.29 is 14.3 Å². The van der Waals surface area contributed by atoms with E-state index in [9.17, 15) is 14.0 Å². The average molecular weight is 330 g/mol. The summed E-state index contributed by atoms with van der Waals surface area (Å²) >= 11 is 0. The molecule has 0 amide bonds. The lowest BCUT2D eigenvalue weighted by atomic mass is 10.1. The van der Waals surface area contributed by atoms with Gasteiger partial charge in [-0.25, -0.2) is 4.39 Å². The first kappa shape index (κ1) is 16.4. The zero-order valence-electron chi connectivity index (χ0n) is 13.3. The molecule has 0 unspecified atom stereocenters. The first-order chi connectivity index (χ1) is 11.5. The lowest BCUT2D eigenvalue weighted by Gasteiger charge is -2.15. The van der Waals surface area contributed by atoms with Crippen molar-refractivity contribution in [1.82, 2.24) is 9.55 Å². The predicted molar refractivity (Wildman–Crippen MR) is 86.6 cm³/mol. The van der Waals surface area contributed by atoms with Crippen LogP contribution in [0.3, 0.4) is 0 Å². The molecule has 1 aromatic heterocycles. The fourth-order valence-electron chi connectivity index (χ4n) is 3.27. The van der Waals surface area contributed by atoms with E-state index in [2.05, 4.69) is 4.98 Å². The van der Waals surface area contributed by atoms with E-state index in [0.29, 0.717) is 24.2 Å². The highest BCUT2D eigenvalue weighted by Gasteiger charge is 2.22. The van der Waals surface area contributed by atoms with Crippen molar-refractivity contribution in [3.8, 4) is 0 Å². The number of benzene rings is 1. The quantitative estimate of drug-likeness (QED) is 0.881. The Morgan fingerprint density at radius 3 is 2.67 bits per heavy atom. The van der Waals surface area contributed by atoms with E-state index in [1.165, 1.54) is 12.1 Å². The number of carboxylic acid groups (broad SMARTS) is 1. The van der Waals surface area contributed by atoms with Crippen LogP contribution in [0.2, 0.25) is 0 Å². The number of carbonyl (C=O) groups is 1. The van der Waals surface area contributed by atoms with E-state index < -0.39 is 5.97 Å². The van der Waals surface area contributed by atoms with Gasteiger partial charge in [0, 0.05) is 17.7 Å². The summed E-state index contributed by atoms with van der Waals surface area (Å²) in [4.78, 5) is 27.4. The van der Waals surface area contributed by atoms with E-state index in [-0.39, 0.29) is 17.9 Å². The molecule has 1 N–H and O–H groups in total. The number of hydrogen-bond acceptors (Lipinski definition) is 3. The Hall–Kier alpha value is -2.50. The molecule has 2 aromatic rings. The molecule has 0 fully saturated rings. The number of rotatable bonds is 6. The minimum Gasteiger partial charge on any atom is -0.480 e. The molecular weight excluding hydrogens is 311 g/mol. The van der Waals surface area contributed by atoms with Crippen molar-refractivity contribution in [2.75, 3.05) is 0 Å². The van der Waals surface area contributed by atoms with Crippen molar-refractivity contribution in [1.29, 1.82) is 0 Å². The van der Waals surface area contributed by atoms with Crippen molar-refractivity contribution >= 4 is 5.97 Å². The summed E-state index contributed by atoms with van der Waals surface area (Å²) in [5.74, 6) is -0.672. The Morgan fingerprint density at radius 2 is 1.96 bits per heavy atom. The summed E-state index contributed by atoms with van der Waals surface area (Å²) in [6.07, 6.45) is 4.23. The van der Waals surface area contributed by atoms with E-state index in [4.69, 9.17) is 5.11 Å². The number of hydrogen-bond donors (Lipinski definition) is 1. The maximum atomic E-state index is 12.9. The molecule has 0 radical (unpaired) electrons. The standard InChI is InChI=1S/C18H19FN2O3/c19-13-9-7-12(8-10-13)3-1-6-16-20-18(24)14-4-2-5-15(14)21(16)11-17(22)23/h7-10H,1-6,11H2,(H,22,23). The smallest absolute Gasteiger partial charge is 0.323 e. The fraction of sp³-hybridized carbons (Fsp3) is 0.389. The van der Waals surface area contributed by atoms with E-state index in [0.717, 1.165) is 36.9 Å². The van der Waals surface area contributed by atoms with Crippen LogP contribution < -0.4 is 5.56 Å². The number of nitrogens with zero attached hydrogens (tertiary/aromatic N) is 2. The molecule has 1 aliphatic carbocycles. The number of aromatic nitrogens is 2. The Labute approximate surface area is 138 Å². The van der Waals surface area contributed by atoms with Gasteiger partial charge in [0.1, 0.15) is 18.2 Å². The third-order valence-electron chi connectivity index (χ3n) is 4.39. The first-order valence-electron chi connectivity index (χ1n) is 8.12. The summed E-state index contributed by atoms with van der Waals surface area (Å²) in [5.41, 5.74) is 2.28. The second-order valence-electron chi connectivity index (χ2n) is 6.07. The molecule has 0 saturated heterocycles. The Balaban J connectivity index is 1.79. The largest absolute Gasteiger partial charge is 0.480 e. The topological polar surface area (TPSA) is 72.2 Å². The van der Waals surface area contributed by atoms with Gasteiger partial charge in [-0.1, -0.05) is 12.1 Å². The minimum atomic E-state index is -0.936. The van der Waals surface area contributed by atoms with Crippen LogP contribution in [-0.2, 0) is 37.0 Å². The molecule has 1 aromatic carbocycles. The van der Waals surface area contributed by atoms with Crippen LogP contribution in [0.25, 0.3) is 0 Å². The van der Waals surface area contributed by atoms with Crippen LogP contribution in [0.4, 0.5) is 4.39 Å². The minimum absolute atomic E-state index is 0.165. The van der Waals surface area contributed by atoms with Gasteiger partial charge in [0.25, 0.3) is 5.56 Å². The zero-order valence-corrected chi connectivity index (χ0v) is 13.3. The summed E-state index contributed by atoms with van der Waals surface area (Å²) in [7, 11) is 0. The molecule has 0 aliphatic heterocycles. The van der Waals surface area contributed by atoms with Crippen LogP contribution in [0.5, 0.6) is 0 Å². The third kappa shape index (κ3) is 3.53. The van der Waals surface area contributed by atoms with E-state index in [1.54, 1.807) is 16.7 Å². The zero-order chi connectivity index (χ0) is 17.1. The maximum Gasteiger partial charge on any atom is 0.323 e. The molecule has 5 nitrogen and oxygen atoms in total. The van der Waals surface area contributed by atoms with Crippen molar-refractivity contribution in [2.45, 2.75) is 45.1 Å². The SMILES string of the molecule is O=C(O)Cn1c(CCCc2ccc(F)cc2)nc(=O)c2c1CCC2. The Morgan fingerprint density at radius 1 is 1.21 bits per heavy atom. The predicted octanol–water partition coefficient (Wildman–Crippen LogP) is 2.13. The van der Waals surface area contributed by atoms with E-state index >= 15 is 0 Å². The van der Waals surface area contributed by atoms with Gasteiger partial charge in [0.15, 0.2) is 0 Å². The Bertz CT molecular complexity index is 812. The van der Waals surface area contributed by atoms with Gasteiger partial charge in [0.2, 0.25) is 0 Å². The third-order valence-corrected chi connectivity index (χ3v) is 4.39. The van der Waals surface area contributed by atoms with Crippen LogP contribution in [0.15, 0.2) is 29.1 Å². The first-order valence-corrected chi connectivity index (χ1v) is 8.12. The fourth-order valence-corrected chi connectivity index (χ4v) is 3.27. The molecule has 0 saturated carbocycles. The van der Waals surface area contributed by atoms with Crippen LogP contribution in [0.1, 0.15) is 35.5 Å². The molecule has 6 heteroatoms. The normalized spacial score (nSPS) is 13.0. The van der Waals surface area contributed by atoms with Crippen molar-refractivity contribution in [3.05, 3.63) is 63.1 Å². The van der Waals surface area contributed by atoms with Crippen LogP contribution in [-0.4, -0.2) is 20.6 Å². The molecule has 3 rings (SSSR count). The van der Waals surface area contributed by atoms with Gasteiger partial charge in [-0.15, -0.1) is 0 Å². The molecule has 0 spiro atoms.